The van der Waals surface area contributed by atoms with Crippen LogP contribution in [0.3, 0.4) is 0 Å². The van der Waals surface area contributed by atoms with Gasteiger partial charge < -0.3 is 10.3 Å². The topological polar surface area (TPSA) is 51.3 Å². The van der Waals surface area contributed by atoms with Crippen molar-refractivity contribution in [2.75, 3.05) is 13.1 Å². The van der Waals surface area contributed by atoms with E-state index in [-0.39, 0.29) is 5.56 Å². The Morgan fingerprint density at radius 1 is 1.42 bits per heavy atom. The number of pyridine rings is 1. The molecule has 0 atom stereocenters. The third-order valence-electron chi connectivity index (χ3n) is 3.73. The van der Waals surface area contributed by atoms with Crippen molar-refractivity contribution in [3.63, 3.8) is 0 Å². The van der Waals surface area contributed by atoms with Gasteiger partial charge in [-0.15, -0.1) is 0 Å². The zero-order chi connectivity index (χ0) is 13.7. The van der Waals surface area contributed by atoms with Crippen molar-refractivity contribution in [1.29, 1.82) is 0 Å². The predicted octanol–water partition coefficient (Wildman–Crippen LogP) is 1.38. The van der Waals surface area contributed by atoms with Crippen LogP contribution in [-0.4, -0.2) is 33.6 Å². The molecule has 1 saturated carbocycles. The molecule has 0 aromatic carbocycles. The molecular formula is C14H21N3OS. The quantitative estimate of drug-likeness (QED) is 0.799. The van der Waals surface area contributed by atoms with Gasteiger partial charge in [0.25, 0.3) is 5.56 Å². The maximum Gasteiger partial charge on any atom is 0.250 e. The fourth-order valence-electron chi connectivity index (χ4n) is 2.74. The molecule has 0 unspecified atom stereocenters. The van der Waals surface area contributed by atoms with E-state index >= 15 is 0 Å². The first-order valence-corrected chi connectivity index (χ1v) is 7.25. The lowest BCUT2D eigenvalue weighted by Gasteiger charge is -2.28. The fraction of sp³-hybridized carbons (Fsp3) is 0.571. The minimum absolute atomic E-state index is 0.0456. The minimum atomic E-state index is 0.0456. The molecule has 0 bridgehead atoms. The number of rotatable bonds is 6. The number of nitrogens with two attached hydrogens (primary N) is 1. The molecule has 1 aliphatic rings. The van der Waals surface area contributed by atoms with E-state index in [1.165, 1.54) is 25.7 Å². The van der Waals surface area contributed by atoms with Crippen LogP contribution >= 0.6 is 12.2 Å². The fourth-order valence-corrected chi connectivity index (χ4v) is 2.91. The van der Waals surface area contributed by atoms with Gasteiger partial charge in [0.05, 0.1) is 4.99 Å². The molecule has 5 heteroatoms. The van der Waals surface area contributed by atoms with Crippen molar-refractivity contribution in [2.24, 2.45) is 5.73 Å². The van der Waals surface area contributed by atoms with Gasteiger partial charge in [0, 0.05) is 37.9 Å². The third-order valence-corrected chi connectivity index (χ3v) is 3.86. The molecule has 2 N–H and O–H groups in total. The van der Waals surface area contributed by atoms with Crippen LogP contribution in [-0.2, 0) is 6.54 Å². The van der Waals surface area contributed by atoms with Gasteiger partial charge in [0.15, 0.2) is 0 Å². The van der Waals surface area contributed by atoms with Gasteiger partial charge in [0.2, 0.25) is 0 Å². The molecule has 1 aliphatic carbocycles. The average molecular weight is 279 g/mol. The Bertz CT molecular complexity index is 480. The highest BCUT2D eigenvalue weighted by molar-refractivity contribution is 7.80. The molecule has 0 aliphatic heterocycles. The number of hydrogen-bond acceptors (Lipinski definition) is 3. The molecule has 0 spiro atoms. The second-order valence-electron chi connectivity index (χ2n) is 5.11. The molecule has 19 heavy (non-hydrogen) atoms. The summed E-state index contributed by atoms with van der Waals surface area (Å²) in [6.45, 7) is 2.17. The van der Waals surface area contributed by atoms with Crippen LogP contribution in [0.5, 0.6) is 0 Å². The van der Waals surface area contributed by atoms with E-state index in [1.54, 1.807) is 16.7 Å². The Hall–Kier alpha value is -1.20. The summed E-state index contributed by atoms with van der Waals surface area (Å²) in [6.07, 6.45) is 6.82. The maximum atomic E-state index is 11.7. The van der Waals surface area contributed by atoms with Crippen LogP contribution in [0.2, 0.25) is 0 Å². The molecule has 2 rings (SSSR count). The molecule has 0 amide bonds. The summed E-state index contributed by atoms with van der Waals surface area (Å²) in [5.74, 6) is 0. The Morgan fingerprint density at radius 2 is 2.16 bits per heavy atom. The Morgan fingerprint density at radius 3 is 2.79 bits per heavy atom. The highest BCUT2D eigenvalue weighted by Crippen LogP contribution is 2.23. The first-order chi connectivity index (χ1) is 9.16. The highest BCUT2D eigenvalue weighted by Gasteiger charge is 2.22. The lowest BCUT2D eigenvalue weighted by Crippen LogP contribution is -2.42. The normalized spacial score (nSPS) is 16.1. The zero-order valence-electron chi connectivity index (χ0n) is 11.1. The van der Waals surface area contributed by atoms with Crippen molar-refractivity contribution in [3.8, 4) is 0 Å². The van der Waals surface area contributed by atoms with E-state index in [1.807, 2.05) is 12.3 Å². The predicted molar refractivity (Wildman–Crippen MR) is 81.3 cm³/mol. The van der Waals surface area contributed by atoms with Crippen molar-refractivity contribution in [2.45, 2.75) is 38.3 Å². The maximum absolute atomic E-state index is 11.7. The number of thiocarbonyl (C=S) groups is 1. The van der Waals surface area contributed by atoms with E-state index in [2.05, 4.69) is 4.90 Å². The van der Waals surface area contributed by atoms with Crippen LogP contribution in [0, 0.1) is 0 Å². The van der Waals surface area contributed by atoms with Gasteiger partial charge in [-0.3, -0.25) is 9.69 Å². The zero-order valence-corrected chi connectivity index (χ0v) is 11.9. The van der Waals surface area contributed by atoms with E-state index in [0.717, 1.165) is 6.54 Å². The molecule has 1 fully saturated rings. The summed E-state index contributed by atoms with van der Waals surface area (Å²) in [5, 5.41) is 0. The Kier molecular flexibility index (Phi) is 5.10. The van der Waals surface area contributed by atoms with E-state index in [0.29, 0.717) is 24.1 Å². The van der Waals surface area contributed by atoms with Crippen LogP contribution in [0.15, 0.2) is 29.2 Å². The molecule has 1 aromatic heterocycles. The number of hydrogen-bond donors (Lipinski definition) is 1. The Balaban J connectivity index is 1.97. The summed E-state index contributed by atoms with van der Waals surface area (Å²) < 4.78 is 1.74. The summed E-state index contributed by atoms with van der Waals surface area (Å²) in [5.41, 5.74) is 5.73. The molecule has 1 heterocycles. The van der Waals surface area contributed by atoms with Crippen LogP contribution < -0.4 is 11.3 Å². The first kappa shape index (κ1) is 14.2. The van der Waals surface area contributed by atoms with Gasteiger partial charge in [-0.25, -0.2) is 0 Å². The standard InChI is InChI=1S/C14H21N3OS/c15-13(19)11-17(12-5-1-2-6-12)10-9-16-8-4-3-7-14(16)18/h3-4,7-8,12H,1-2,5-6,9-11H2,(H2,15,19). The second kappa shape index (κ2) is 6.82. The van der Waals surface area contributed by atoms with Gasteiger partial charge in [-0.2, -0.15) is 0 Å². The monoisotopic (exact) mass is 279 g/mol. The van der Waals surface area contributed by atoms with Crippen LogP contribution in [0.25, 0.3) is 0 Å². The van der Waals surface area contributed by atoms with Crippen LogP contribution in [0.4, 0.5) is 0 Å². The number of aromatic nitrogens is 1. The van der Waals surface area contributed by atoms with Crippen LogP contribution in [0.1, 0.15) is 25.7 Å². The first-order valence-electron chi connectivity index (χ1n) is 6.84. The van der Waals surface area contributed by atoms with Crippen molar-refractivity contribution in [3.05, 3.63) is 34.7 Å². The second-order valence-corrected chi connectivity index (χ2v) is 5.63. The summed E-state index contributed by atoms with van der Waals surface area (Å²) in [7, 11) is 0. The van der Waals surface area contributed by atoms with Gasteiger partial charge >= 0.3 is 0 Å². The molecule has 104 valence electrons. The largest absolute Gasteiger partial charge is 0.392 e. The third kappa shape index (κ3) is 4.14. The minimum Gasteiger partial charge on any atom is -0.392 e. The summed E-state index contributed by atoms with van der Waals surface area (Å²) >= 11 is 5.03. The lowest BCUT2D eigenvalue weighted by molar-refractivity contribution is 0.218. The SMILES string of the molecule is NC(=S)CN(CCn1ccccc1=O)C1CCCC1. The van der Waals surface area contributed by atoms with E-state index in [9.17, 15) is 4.79 Å². The Labute approximate surface area is 119 Å². The molecule has 4 nitrogen and oxygen atoms in total. The highest BCUT2D eigenvalue weighted by atomic mass is 32.1. The average Bonchev–Trinajstić information content (AvgIpc) is 2.89. The smallest absolute Gasteiger partial charge is 0.250 e. The van der Waals surface area contributed by atoms with E-state index < -0.39 is 0 Å². The molecule has 0 saturated heterocycles. The van der Waals surface area contributed by atoms with E-state index in [4.69, 9.17) is 18.0 Å². The van der Waals surface area contributed by atoms with Crippen molar-refractivity contribution < 1.29 is 0 Å². The van der Waals surface area contributed by atoms with Gasteiger partial charge in [-0.1, -0.05) is 31.1 Å². The molecule has 1 aromatic rings. The molecular weight excluding hydrogens is 258 g/mol. The van der Waals surface area contributed by atoms with Crippen molar-refractivity contribution >= 4 is 17.2 Å². The van der Waals surface area contributed by atoms with Gasteiger partial charge in [0.1, 0.15) is 0 Å². The van der Waals surface area contributed by atoms with Crippen molar-refractivity contribution in [1.82, 2.24) is 9.47 Å². The molecule has 0 radical (unpaired) electrons. The number of nitrogens with zero attached hydrogens (tertiary/aromatic N) is 2. The lowest BCUT2D eigenvalue weighted by atomic mass is 10.2. The van der Waals surface area contributed by atoms with Gasteiger partial charge in [-0.05, 0) is 18.9 Å². The summed E-state index contributed by atoms with van der Waals surface area (Å²) in [6, 6.07) is 5.81. The summed E-state index contributed by atoms with van der Waals surface area (Å²) in [4.78, 5) is 14.5.